The third-order valence-electron chi connectivity index (χ3n) is 5.95. The predicted octanol–water partition coefficient (Wildman–Crippen LogP) is 6.47. The second-order valence-corrected chi connectivity index (χ2v) is 9.28. The third kappa shape index (κ3) is 4.70. The van der Waals surface area contributed by atoms with Gasteiger partial charge in [0.25, 0.3) is 5.91 Å². The Labute approximate surface area is 203 Å². The van der Waals surface area contributed by atoms with E-state index in [0.29, 0.717) is 12.4 Å². The quantitative estimate of drug-likeness (QED) is 0.307. The number of anilines is 2. The Morgan fingerprint density at radius 1 is 1.12 bits per heavy atom. The van der Waals surface area contributed by atoms with E-state index in [9.17, 15) is 4.79 Å². The molecule has 0 saturated carbocycles. The van der Waals surface area contributed by atoms with Crippen LogP contribution in [-0.2, 0) is 12.8 Å². The van der Waals surface area contributed by atoms with Crippen LogP contribution in [0, 0.1) is 0 Å². The first-order valence-electron chi connectivity index (χ1n) is 11.6. The molecule has 1 aliphatic carbocycles. The van der Waals surface area contributed by atoms with E-state index in [4.69, 9.17) is 9.15 Å². The Hall–Kier alpha value is -3.58. The van der Waals surface area contributed by atoms with Gasteiger partial charge in [0.2, 0.25) is 0 Å². The van der Waals surface area contributed by atoms with Gasteiger partial charge in [-0.15, -0.1) is 11.3 Å². The highest BCUT2D eigenvalue weighted by Gasteiger charge is 2.29. The van der Waals surface area contributed by atoms with Crippen LogP contribution in [0.2, 0.25) is 0 Å². The summed E-state index contributed by atoms with van der Waals surface area (Å²) in [5.74, 6) is 1.67. The van der Waals surface area contributed by atoms with Crippen LogP contribution in [0.5, 0.6) is 5.75 Å². The van der Waals surface area contributed by atoms with Crippen LogP contribution in [0.15, 0.2) is 71.5 Å². The Kier molecular flexibility index (Phi) is 6.62. The average Bonchev–Trinajstić information content (AvgIpc) is 3.52. The van der Waals surface area contributed by atoms with E-state index in [1.165, 1.54) is 23.1 Å². The van der Waals surface area contributed by atoms with Crippen molar-refractivity contribution in [1.82, 2.24) is 4.98 Å². The first kappa shape index (κ1) is 22.2. The molecule has 3 heterocycles. The van der Waals surface area contributed by atoms with Gasteiger partial charge >= 0.3 is 0 Å². The molecule has 2 N–H and O–H groups in total. The van der Waals surface area contributed by atoms with Crippen molar-refractivity contribution in [2.45, 2.75) is 38.6 Å². The topological polar surface area (TPSA) is 76.4 Å². The van der Waals surface area contributed by atoms with E-state index in [1.807, 2.05) is 37.3 Å². The van der Waals surface area contributed by atoms with E-state index in [2.05, 4.69) is 27.8 Å². The Morgan fingerprint density at radius 3 is 2.71 bits per heavy atom. The number of aromatic nitrogens is 1. The number of amides is 1. The maximum Gasteiger partial charge on any atom is 0.291 e. The van der Waals surface area contributed by atoms with E-state index >= 15 is 0 Å². The lowest BCUT2D eigenvalue weighted by molar-refractivity contribution is 0.0997. The maximum atomic E-state index is 12.9. The minimum atomic E-state index is -0.242. The summed E-state index contributed by atoms with van der Waals surface area (Å²) in [5, 5.41) is 7.62. The average molecular weight is 474 g/mol. The number of nitrogens with one attached hydrogen (secondary N) is 2. The van der Waals surface area contributed by atoms with Gasteiger partial charge in [-0.25, -0.2) is 4.98 Å². The number of furan rings is 1. The van der Waals surface area contributed by atoms with Crippen molar-refractivity contribution in [3.8, 4) is 5.75 Å². The fourth-order valence-electron chi connectivity index (χ4n) is 4.40. The number of ether oxygens (including phenoxy) is 1. The summed E-state index contributed by atoms with van der Waals surface area (Å²) < 4.78 is 11.0. The van der Waals surface area contributed by atoms with Crippen molar-refractivity contribution in [3.63, 3.8) is 0 Å². The maximum absolute atomic E-state index is 12.9. The van der Waals surface area contributed by atoms with Gasteiger partial charge in [-0.1, -0.05) is 18.2 Å². The van der Waals surface area contributed by atoms with Crippen molar-refractivity contribution in [1.29, 1.82) is 0 Å². The van der Waals surface area contributed by atoms with Gasteiger partial charge in [0.1, 0.15) is 16.6 Å². The van der Waals surface area contributed by atoms with Gasteiger partial charge in [0.05, 0.1) is 18.9 Å². The fraction of sp³-hybridized carbons (Fsp3) is 0.259. The fourth-order valence-corrected chi connectivity index (χ4v) is 5.73. The summed E-state index contributed by atoms with van der Waals surface area (Å²) in [7, 11) is 0. The second kappa shape index (κ2) is 10.1. The SMILES string of the molecule is CCOc1ccc(C(Nc2ccccn2)c2c(NC(=O)c3ccco3)sc3c2CCCC3)cc1. The second-order valence-electron chi connectivity index (χ2n) is 8.18. The number of carbonyl (C=O) groups is 1. The van der Waals surface area contributed by atoms with Crippen LogP contribution in [0.3, 0.4) is 0 Å². The van der Waals surface area contributed by atoms with Gasteiger partial charge in [-0.05, 0) is 80.1 Å². The molecule has 5 rings (SSSR count). The molecule has 1 amide bonds. The van der Waals surface area contributed by atoms with Crippen LogP contribution in [0.4, 0.5) is 10.8 Å². The number of thiophene rings is 1. The Bertz CT molecular complexity index is 1230. The summed E-state index contributed by atoms with van der Waals surface area (Å²) in [4.78, 5) is 18.8. The molecule has 7 heteroatoms. The number of rotatable bonds is 8. The molecule has 1 aromatic carbocycles. The molecule has 1 aliphatic rings. The molecule has 3 aromatic heterocycles. The first-order chi connectivity index (χ1) is 16.7. The lowest BCUT2D eigenvalue weighted by Gasteiger charge is -2.24. The number of aryl methyl sites for hydroxylation is 1. The van der Waals surface area contributed by atoms with Gasteiger partial charge in [-0.2, -0.15) is 0 Å². The standard InChI is InChI=1S/C27H27N3O3S/c1-2-32-19-14-12-18(13-15-19)25(29-23-11-5-6-16-28-23)24-20-8-3-4-10-22(20)34-27(24)30-26(31)21-9-7-17-33-21/h5-7,9,11-17,25H,2-4,8,10H2,1H3,(H,28,29)(H,30,31). The largest absolute Gasteiger partial charge is 0.494 e. The molecule has 1 atom stereocenters. The van der Waals surface area contributed by atoms with E-state index in [0.717, 1.165) is 47.0 Å². The smallest absolute Gasteiger partial charge is 0.291 e. The zero-order valence-electron chi connectivity index (χ0n) is 19.0. The minimum absolute atomic E-state index is 0.185. The molecule has 0 aliphatic heterocycles. The highest BCUT2D eigenvalue weighted by molar-refractivity contribution is 7.16. The van der Waals surface area contributed by atoms with Crippen LogP contribution < -0.4 is 15.4 Å². The van der Waals surface area contributed by atoms with E-state index < -0.39 is 0 Å². The van der Waals surface area contributed by atoms with Crippen LogP contribution in [0.25, 0.3) is 0 Å². The van der Waals surface area contributed by atoms with E-state index in [-0.39, 0.29) is 11.9 Å². The van der Waals surface area contributed by atoms with Crippen LogP contribution >= 0.6 is 11.3 Å². The lowest BCUT2D eigenvalue weighted by atomic mass is 9.89. The number of pyridine rings is 1. The third-order valence-corrected chi connectivity index (χ3v) is 7.18. The normalized spacial score (nSPS) is 13.7. The number of carbonyl (C=O) groups excluding carboxylic acids is 1. The van der Waals surface area contributed by atoms with Crippen LogP contribution in [0.1, 0.15) is 57.9 Å². The molecule has 34 heavy (non-hydrogen) atoms. The van der Waals surface area contributed by atoms with Gasteiger partial charge < -0.3 is 19.8 Å². The molecule has 0 saturated heterocycles. The molecule has 0 radical (unpaired) electrons. The molecular formula is C27H27N3O3S. The molecule has 4 aromatic rings. The predicted molar refractivity (Wildman–Crippen MR) is 135 cm³/mol. The summed E-state index contributed by atoms with van der Waals surface area (Å²) in [5.41, 5.74) is 3.51. The zero-order chi connectivity index (χ0) is 23.3. The molecule has 0 fully saturated rings. The minimum Gasteiger partial charge on any atom is -0.494 e. The van der Waals surface area contributed by atoms with Crippen molar-refractivity contribution in [3.05, 3.63) is 94.4 Å². The van der Waals surface area contributed by atoms with Gasteiger partial charge in [0, 0.05) is 16.6 Å². The summed E-state index contributed by atoms with van der Waals surface area (Å²) >= 11 is 1.67. The van der Waals surface area contributed by atoms with Crippen molar-refractivity contribution in [2.75, 3.05) is 17.2 Å². The van der Waals surface area contributed by atoms with Crippen molar-refractivity contribution in [2.24, 2.45) is 0 Å². The highest BCUT2D eigenvalue weighted by atomic mass is 32.1. The molecule has 6 nitrogen and oxygen atoms in total. The molecule has 0 spiro atoms. The van der Waals surface area contributed by atoms with Gasteiger partial charge in [-0.3, -0.25) is 4.79 Å². The zero-order valence-corrected chi connectivity index (χ0v) is 19.9. The van der Waals surface area contributed by atoms with Crippen molar-refractivity contribution >= 4 is 28.1 Å². The molecule has 0 bridgehead atoms. The monoisotopic (exact) mass is 473 g/mol. The highest BCUT2D eigenvalue weighted by Crippen LogP contribution is 2.44. The summed E-state index contributed by atoms with van der Waals surface area (Å²) in [6.07, 6.45) is 7.63. The van der Waals surface area contributed by atoms with Gasteiger partial charge in [0.15, 0.2) is 5.76 Å². The van der Waals surface area contributed by atoms with E-state index in [1.54, 1.807) is 29.7 Å². The number of hydrogen-bond acceptors (Lipinski definition) is 6. The Morgan fingerprint density at radius 2 is 1.97 bits per heavy atom. The Balaban J connectivity index is 1.59. The number of benzene rings is 1. The van der Waals surface area contributed by atoms with Crippen LogP contribution in [-0.4, -0.2) is 17.5 Å². The summed E-state index contributed by atoms with van der Waals surface area (Å²) in [6, 6.07) is 17.2. The number of fused-ring (bicyclic) bond motifs is 1. The first-order valence-corrected chi connectivity index (χ1v) is 12.4. The van der Waals surface area contributed by atoms with Crippen molar-refractivity contribution < 1.29 is 13.9 Å². The summed E-state index contributed by atoms with van der Waals surface area (Å²) in [6.45, 7) is 2.60. The molecular weight excluding hydrogens is 446 g/mol. The number of hydrogen-bond donors (Lipinski definition) is 2. The molecule has 174 valence electrons. The number of nitrogens with zero attached hydrogens (tertiary/aromatic N) is 1. The lowest BCUT2D eigenvalue weighted by Crippen LogP contribution is -2.18. The molecule has 1 unspecified atom stereocenters.